The molecule has 0 radical (unpaired) electrons. The summed E-state index contributed by atoms with van der Waals surface area (Å²) in [4.78, 5) is 18.8. The molecular weight excluding hydrogens is 292 g/mol. The second-order valence-electron chi connectivity index (χ2n) is 6.34. The number of nitrogens with zero attached hydrogens (tertiary/aromatic N) is 3. The summed E-state index contributed by atoms with van der Waals surface area (Å²) in [6.45, 7) is 1.23. The van der Waals surface area contributed by atoms with Gasteiger partial charge in [0.05, 0.1) is 7.11 Å². The maximum atomic E-state index is 12.3. The van der Waals surface area contributed by atoms with Crippen molar-refractivity contribution in [3.05, 3.63) is 41.5 Å². The normalized spacial score (nSPS) is 21.0. The number of carbonyl (C=O) groups excluding carboxylic acids is 1. The molecule has 0 unspecified atom stereocenters. The fraction of sp³-hybridized carbons (Fsp3) is 0.471. The molecule has 0 spiro atoms. The number of rotatable bonds is 5. The van der Waals surface area contributed by atoms with Crippen molar-refractivity contribution in [1.29, 1.82) is 0 Å². The van der Waals surface area contributed by atoms with Gasteiger partial charge in [0.25, 0.3) is 0 Å². The molecule has 6 heteroatoms. The fourth-order valence-corrected chi connectivity index (χ4v) is 3.15. The standard InChI is InChI=1S/C17H20N4O2/c1-23-14-5-3-2-4-12(14)9-21-10-13(8-15(21)22)17-18-16(19-20-17)11-6-7-11/h2-5,11,13H,6-10H2,1H3,(H,18,19,20)/t13-/m1/s1. The second-order valence-corrected chi connectivity index (χ2v) is 6.34. The number of aromatic amines is 1. The molecule has 0 bridgehead atoms. The summed E-state index contributed by atoms with van der Waals surface area (Å²) in [6.07, 6.45) is 2.87. The van der Waals surface area contributed by atoms with Gasteiger partial charge >= 0.3 is 0 Å². The molecule has 1 aliphatic carbocycles. The van der Waals surface area contributed by atoms with E-state index in [1.54, 1.807) is 7.11 Å². The SMILES string of the molecule is COc1ccccc1CN1C[C@H](c2n[nH]c(C3CC3)n2)CC1=O. The molecule has 120 valence electrons. The molecule has 1 atom stereocenters. The average molecular weight is 312 g/mol. The van der Waals surface area contributed by atoms with E-state index in [2.05, 4.69) is 15.2 Å². The predicted octanol–water partition coefficient (Wildman–Crippen LogP) is 2.21. The van der Waals surface area contributed by atoms with Crippen molar-refractivity contribution in [1.82, 2.24) is 20.1 Å². The monoisotopic (exact) mass is 312 g/mol. The van der Waals surface area contributed by atoms with Gasteiger partial charge in [0.2, 0.25) is 5.91 Å². The van der Waals surface area contributed by atoms with Crippen molar-refractivity contribution in [2.24, 2.45) is 0 Å². The van der Waals surface area contributed by atoms with E-state index in [4.69, 9.17) is 4.74 Å². The number of amides is 1. The molecule has 1 saturated carbocycles. The maximum absolute atomic E-state index is 12.3. The molecular formula is C17H20N4O2. The van der Waals surface area contributed by atoms with E-state index in [-0.39, 0.29) is 11.8 Å². The van der Waals surface area contributed by atoms with Crippen LogP contribution in [0.1, 0.15) is 48.3 Å². The zero-order valence-electron chi connectivity index (χ0n) is 13.2. The van der Waals surface area contributed by atoms with Gasteiger partial charge in [-0.15, -0.1) is 0 Å². The Bertz CT molecular complexity index is 723. The number of carbonyl (C=O) groups is 1. The van der Waals surface area contributed by atoms with Crippen molar-refractivity contribution >= 4 is 5.91 Å². The molecule has 6 nitrogen and oxygen atoms in total. The number of methoxy groups -OCH3 is 1. The van der Waals surface area contributed by atoms with Crippen molar-refractivity contribution < 1.29 is 9.53 Å². The highest BCUT2D eigenvalue weighted by molar-refractivity contribution is 5.79. The number of nitrogens with one attached hydrogen (secondary N) is 1. The third-order valence-corrected chi connectivity index (χ3v) is 4.62. The minimum atomic E-state index is 0.0842. The number of likely N-dealkylation sites (tertiary alicyclic amines) is 1. The summed E-state index contributed by atoms with van der Waals surface area (Å²) in [5.74, 6) is 3.37. The number of benzene rings is 1. The van der Waals surface area contributed by atoms with Crippen LogP contribution in [0.2, 0.25) is 0 Å². The van der Waals surface area contributed by atoms with Gasteiger partial charge in [-0.2, -0.15) is 5.10 Å². The highest BCUT2D eigenvalue weighted by Crippen LogP contribution is 2.38. The van der Waals surface area contributed by atoms with Crippen LogP contribution in [0.5, 0.6) is 5.75 Å². The summed E-state index contributed by atoms with van der Waals surface area (Å²) in [5, 5.41) is 7.36. The van der Waals surface area contributed by atoms with Crippen LogP contribution >= 0.6 is 0 Å². The minimum Gasteiger partial charge on any atom is -0.496 e. The minimum absolute atomic E-state index is 0.0842. The van der Waals surface area contributed by atoms with E-state index in [1.165, 1.54) is 12.8 Å². The zero-order chi connectivity index (χ0) is 15.8. The molecule has 1 aliphatic heterocycles. The molecule has 4 rings (SSSR count). The van der Waals surface area contributed by atoms with Crippen LogP contribution in [0, 0.1) is 0 Å². The number of H-pyrrole nitrogens is 1. The van der Waals surface area contributed by atoms with E-state index in [1.807, 2.05) is 29.2 Å². The molecule has 23 heavy (non-hydrogen) atoms. The Morgan fingerprint density at radius 2 is 2.13 bits per heavy atom. The van der Waals surface area contributed by atoms with E-state index < -0.39 is 0 Å². The van der Waals surface area contributed by atoms with Crippen LogP contribution in [0.25, 0.3) is 0 Å². The van der Waals surface area contributed by atoms with Gasteiger partial charge in [0.15, 0.2) is 5.82 Å². The Kier molecular flexibility index (Phi) is 3.52. The smallest absolute Gasteiger partial charge is 0.223 e. The largest absolute Gasteiger partial charge is 0.496 e. The molecule has 2 heterocycles. The summed E-state index contributed by atoms with van der Waals surface area (Å²) in [6, 6.07) is 7.82. The third kappa shape index (κ3) is 2.81. The first-order valence-electron chi connectivity index (χ1n) is 8.06. The van der Waals surface area contributed by atoms with Crippen molar-refractivity contribution in [3.8, 4) is 5.75 Å². The van der Waals surface area contributed by atoms with Gasteiger partial charge in [-0.05, 0) is 18.9 Å². The predicted molar refractivity (Wildman–Crippen MR) is 84.1 cm³/mol. The number of aromatic nitrogens is 3. The Hall–Kier alpha value is -2.37. The highest BCUT2D eigenvalue weighted by atomic mass is 16.5. The van der Waals surface area contributed by atoms with E-state index in [0.717, 1.165) is 23.0 Å². The number of hydrogen-bond donors (Lipinski definition) is 1. The van der Waals surface area contributed by atoms with Crippen LogP contribution in [-0.4, -0.2) is 39.6 Å². The van der Waals surface area contributed by atoms with Crippen molar-refractivity contribution in [2.45, 2.75) is 37.6 Å². The Balaban J connectivity index is 1.47. The number of ether oxygens (including phenoxy) is 1. The first-order valence-corrected chi connectivity index (χ1v) is 8.06. The molecule has 1 aromatic heterocycles. The lowest BCUT2D eigenvalue weighted by atomic mass is 10.1. The summed E-state index contributed by atoms with van der Waals surface area (Å²) in [7, 11) is 1.65. The summed E-state index contributed by atoms with van der Waals surface area (Å²) in [5.41, 5.74) is 1.03. The van der Waals surface area contributed by atoms with Gasteiger partial charge in [-0.25, -0.2) is 4.98 Å². The second kappa shape index (κ2) is 5.68. The van der Waals surface area contributed by atoms with Gasteiger partial charge in [-0.3, -0.25) is 9.89 Å². The average Bonchev–Trinajstić information content (AvgIpc) is 3.19. The maximum Gasteiger partial charge on any atom is 0.223 e. The van der Waals surface area contributed by atoms with E-state index >= 15 is 0 Å². The quantitative estimate of drug-likeness (QED) is 0.919. The lowest BCUT2D eigenvalue weighted by Gasteiger charge is -2.18. The molecule has 1 amide bonds. The first-order chi connectivity index (χ1) is 11.2. The summed E-state index contributed by atoms with van der Waals surface area (Å²) < 4.78 is 5.37. The number of para-hydroxylation sites is 1. The van der Waals surface area contributed by atoms with E-state index in [0.29, 0.717) is 25.4 Å². The van der Waals surface area contributed by atoms with Gasteiger partial charge < -0.3 is 9.64 Å². The van der Waals surface area contributed by atoms with Crippen LogP contribution in [0.4, 0.5) is 0 Å². The highest BCUT2D eigenvalue weighted by Gasteiger charge is 2.35. The Morgan fingerprint density at radius 1 is 1.30 bits per heavy atom. The number of hydrogen-bond acceptors (Lipinski definition) is 4. The van der Waals surface area contributed by atoms with Crippen molar-refractivity contribution in [2.75, 3.05) is 13.7 Å². The van der Waals surface area contributed by atoms with Crippen molar-refractivity contribution in [3.63, 3.8) is 0 Å². The molecule has 1 aromatic carbocycles. The molecule has 2 aromatic rings. The Labute approximate surface area is 134 Å². The Morgan fingerprint density at radius 3 is 2.91 bits per heavy atom. The van der Waals surface area contributed by atoms with Gasteiger partial charge in [-0.1, -0.05) is 18.2 Å². The van der Waals surface area contributed by atoms with Crippen LogP contribution in [0.15, 0.2) is 24.3 Å². The summed E-state index contributed by atoms with van der Waals surface area (Å²) >= 11 is 0. The molecule has 1 saturated heterocycles. The van der Waals surface area contributed by atoms with Crippen LogP contribution in [-0.2, 0) is 11.3 Å². The molecule has 1 N–H and O–H groups in total. The lowest BCUT2D eigenvalue weighted by Crippen LogP contribution is -2.24. The van der Waals surface area contributed by atoms with E-state index in [9.17, 15) is 4.79 Å². The van der Waals surface area contributed by atoms with Gasteiger partial charge in [0, 0.05) is 36.9 Å². The van der Waals surface area contributed by atoms with Crippen LogP contribution < -0.4 is 4.74 Å². The fourth-order valence-electron chi connectivity index (χ4n) is 3.15. The first kappa shape index (κ1) is 14.2. The van der Waals surface area contributed by atoms with Crippen LogP contribution in [0.3, 0.4) is 0 Å². The third-order valence-electron chi connectivity index (χ3n) is 4.62. The molecule has 2 fully saturated rings. The molecule has 2 aliphatic rings. The topological polar surface area (TPSA) is 71.1 Å². The lowest BCUT2D eigenvalue weighted by molar-refractivity contribution is -0.128. The van der Waals surface area contributed by atoms with Gasteiger partial charge in [0.1, 0.15) is 11.6 Å². The zero-order valence-corrected chi connectivity index (χ0v) is 13.2.